The Kier molecular flexibility index (Phi) is 9.27. The van der Waals surface area contributed by atoms with Crippen LogP contribution >= 0.6 is 11.6 Å². The second-order valence-corrected chi connectivity index (χ2v) is 6.75. The third-order valence-electron chi connectivity index (χ3n) is 4.21. The summed E-state index contributed by atoms with van der Waals surface area (Å²) in [5.74, 6) is 0.472. The number of carbonyl (C=O) groups is 2. The fourth-order valence-electron chi connectivity index (χ4n) is 2.72. The standard InChI is InChI=1S/C22H26ClN3O6/c1-6-31-15-9-8-14(12-18(15)32-7-2)25-26-20(13(3)27)22(28)24-21-17(30-5)11-10-16(29-4)19(21)23/h8-12,20H,6-7H2,1-5H3,(H,24,28). The molecule has 0 saturated carbocycles. The first-order chi connectivity index (χ1) is 15.4. The van der Waals surface area contributed by atoms with E-state index in [1.807, 2.05) is 13.8 Å². The third-order valence-corrected chi connectivity index (χ3v) is 4.58. The summed E-state index contributed by atoms with van der Waals surface area (Å²) >= 11 is 6.30. The number of azo groups is 1. The number of ketones is 1. The summed E-state index contributed by atoms with van der Waals surface area (Å²) in [4.78, 5) is 24.9. The van der Waals surface area contributed by atoms with Crippen LogP contribution in [-0.2, 0) is 9.59 Å². The van der Waals surface area contributed by atoms with Crippen molar-refractivity contribution in [3.8, 4) is 23.0 Å². The quantitative estimate of drug-likeness (QED) is 0.377. The lowest BCUT2D eigenvalue weighted by atomic mass is 10.2. The Balaban J connectivity index is 2.30. The van der Waals surface area contributed by atoms with Gasteiger partial charge >= 0.3 is 0 Å². The number of anilines is 1. The number of hydrogen-bond donors (Lipinski definition) is 1. The molecule has 10 heteroatoms. The van der Waals surface area contributed by atoms with E-state index in [9.17, 15) is 9.59 Å². The minimum atomic E-state index is -1.40. The maximum atomic E-state index is 12.8. The third kappa shape index (κ3) is 6.10. The summed E-state index contributed by atoms with van der Waals surface area (Å²) in [6.45, 7) is 5.87. The van der Waals surface area contributed by atoms with Gasteiger partial charge in [0.1, 0.15) is 22.2 Å². The van der Waals surface area contributed by atoms with E-state index in [1.165, 1.54) is 21.1 Å². The SMILES string of the molecule is CCOc1ccc(N=NC(C(C)=O)C(=O)Nc2c(OC)ccc(OC)c2Cl)cc1OCC. The lowest BCUT2D eigenvalue weighted by molar-refractivity contribution is -0.126. The Labute approximate surface area is 191 Å². The van der Waals surface area contributed by atoms with E-state index in [1.54, 1.807) is 30.3 Å². The van der Waals surface area contributed by atoms with Crippen LogP contribution in [0.5, 0.6) is 23.0 Å². The van der Waals surface area contributed by atoms with Crippen LogP contribution in [-0.4, -0.2) is 45.2 Å². The Bertz CT molecular complexity index is 996. The number of Topliss-reactive ketones (excluding diaryl/α,β-unsaturated/α-hetero) is 1. The second kappa shape index (κ2) is 11.9. The molecule has 0 aromatic heterocycles. The second-order valence-electron chi connectivity index (χ2n) is 6.37. The molecule has 2 aromatic carbocycles. The Morgan fingerprint density at radius 1 is 0.969 bits per heavy atom. The number of benzene rings is 2. The van der Waals surface area contributed by atoms with Crippen LogP contribution in [0.25, 0.3) is 0 Å². The van der Waals surface area contributed by atoms with Crippen molar-refractivity contribution >= 4 is 34.7 Å². The molecule has 1 N–H and O–H groups in total. The lowest BCUT2D eigenvalue weighted by Crippen LogP contribution is -2.32. The van der Waals surface area contributed by atoms with E-state index >= 15 is 0 Å². The van der Waals surface area contributed by atoms with Gasteiger partial charge in [-0.1, -0.05) is 11.6 Å². The first kappa shape index (κ1) is 24.9. The molecule has 2 aromatic rings. The van der Waals surface area contributed by atoms with Gasteiger partial charge in [-0.3, -0.25) is 9.59 Å². The maximum Gasteiger partial charge on any atom is 0.258 e. The Morgan fingerprint density at radius 2 is 1.56 bits per heavy atom. The summed E-state index contributed by atoms with van der Waals surface area (Å²) in [7, 11) is 2.87. The molecule has 0 radical (unpaired) electrons. The summed E-state index contributed by atoms with van der Waals surface area (Å²) in [5, 5.41) is 10.7. The van der Waals surface area contributed by atoms with Crippen molar-refractivity contribution in [2.24, 2.45) is 10.2 Å². The van der Waals surface area contributed by atoms with Gasteiger partial charge in [0.25, 0.3) is 5.91 Å². The van der Waals surface area contributed by atoms with Crippen molar-refractivity contribution < 1.29 is 28.5 Å². The Morgan fingerprint density at radius 3 is 2.16 bits per heavy atom. The van der Waals surface area contributed by atoms with Crippen molar-refractivity contribution in [3.63, 3.8) is 0 Å². The highest BCUT2D eigenvalue weighted by Crippen LogP contribution is 2.39. The van der Waals surface area contributed by atoms with Crippen LogP contribution in [0.2, 0.25) is 5.02 Å². The van der Waals surface area contributed by atoms with Gasteiger partial charge < -0.3 is 24.3 Å². The first-order valence-corrected chi connectivity index (χ1v) is 10.3. The van der Waals surface area contributed by atoms with Crippen LogP contribution in [0.1, 0.15) is 20.8 Å². The number of amides is 1. The van der Waals surface area contributed by atoms with E-state index in [0.29, 0.717) is 41.9 Å². The highest BCUT2D eigenvalue weighted by molar-refractivity contribution is 6.35. The van der Waals surface area contributed by atoms with E-state index in [0.717, 1.165) is 0 Å². The van der Waals surface area contributed by atoms with Gasteiger partial charge in [-0.15, -0.1) is 0 Å². The minimum absolute atomic E-state index is 0.132. The lowest BCUT2D eigenvalue weighted by Gasteiger charge is -2.16. The minimum Gasteiger partial charge on any atom is -0.495 e. The number of halogens is 1. The van der Waals surface area contributed by atoms with Crippen molar-refractivity contribution in [3.05, 3.63) is 35.4 Å². The average Bonchev–Trinajstić information content (AvgIpc) is 2.77. The van der Waals surface area contributed by atoms with Crippen LogP contribution in [0.15, 0.2) is 40.6 Å². The van der Waals surface area contributed by atoms with Crippen LogP contribution in [0.3, 0.4) is 0 Å². The molecular formula is C22H26ClN3O6. The predicted molar refractivity (Wildman–Crippen MR) is 121 cm³/mol. The van der Waals surface area contributed by atoms with Gasteiger partial charge in [0.05, 0.1) is 33.1 Å². The monoisotopic (exact) mass is 463 g/mol. The van der Waals surface area contributed by atoms with Gasteiger partial charge in [0.15, 0.2) is 17.3 Å². The van der Waals surface area contributed by atoms with Crippen molar-refractivity contribution in [2.45, 2.75) is 26.8 Å². The molecule has 2 rings (SSSR count). The molecule has 172 valence electrons. The number of rotatable bonds is 11. The van der Waals surface area contributed by atoms with E-state index < -0.39 is 17.7 Å². The largest absolute Gasteiger partial charge is 0.495 e. The summed E-state index contributed by atoms with van der Waals surface area (Å²) in [5.41, 5.74) is 0.563. The molecule has 0 fully saturated rings. The number of carbonyl (C=O) groups excluding carboxylic acids is 2. The first-order valence-electron chi connectivity index (χ1n) is 9.88. The number of methoxy groups -OCH3 is 2. The molecule has 1 atom stereocenters. The predicted octanol–water partition coefficient (Wildman–Crippen LogP) is 4.83. The summed E-state index contributed by atoms with van der Waals surface area (Å²) in [6.07, 6.45) is 0. The molecule has 0 saturated heterocycles. The Hall–Kier alpha value is -3.33. The van der Waals surface area contributed by atoms with Crippen LogP contribution < -0.4 is 24.3 Å². The van der Waals surface area contributed by atoms with Gasteiger partial charge in [-0.05, 0) is 45.0 Å². The zero-order valence-corrected chi connectivity index (χ0v) is 19.4. The number of hydrogen-bond acceptors (Lipinski definition) is 8. The average molecular weight is 464 g/mol. The summed E-state index contributed by atoms with van der Waals surface area (Å²) in [6, 6.07) is 6.74. The van der Waals surface area contributed by atoms with Crippen molar-refractivity contribution in [2.75, 3.05) is 32.8 Å². The van der Waals surface area contributed by atoms with Gasteiger partial charge in [0, 0.05) is 6.07 Å². The van der Waals surface area contributed by atoms with Gasteiger partial charge in [-0.25, -0.2) is 0 Å². The van der Waals surface area contributed by atoms with E-state index in [4.69, 9.17) is 30.5 Å². The molecule has 0 heterocycles. The summed E-state index contributed by atoms with van der Waals surface area (Å²) < 4.78 is 21.5. The van der Waals surface area contributed by atoms with E-state index in [2.05, 4.69) is 15.5 Å². The van der Waals surface area contributed by atoms with Gasteiger partial charge in [-0.2, -0.15) is 10.2 Å². The van der Waals surface area contributed by atoms with Crippen LogP contribution in [0, 0.1) is 0 Å². The molecule has 1 amide bonds. The highest BCUT2D eigenvalue weighted by Gasteiger charge is 2.26. The normalized spacial score (nSPS) is 11.7. The number of nitrogens with zero attached hydrogens (tertiary/aromatic N) is 2. The molecular weight excluding hydrogens is 438 g/mol. The van der Waals surface area contributed by atoms with E-state index in [-0.39, 0.29) is 10.7 Å². The molecule has 0 bridgehead atoms. The van der Waals surface area contributed by atoms with Crippen molar-refractivity contribution in [1.29, 1.82) is 0 Å². The molecule has 0 aliphatic heterocycles. The molecule has 0 aliphatic carbocycles. The van der Waals surface area contributed by atoms with Gasteiger partial charge in [0.2, 0.25) is 6.04 Å². The highest BCUT2D eigenvalue weighted by atomic mass is 35.5. The van der Waals surface area contributed by atoms with Crippen molar-refractivity contribution in [1.82, 2.24) is 0 Å². The maximum absolute atomic E-state index is 12.8. The molecule has 0 aliphatic rings. The number of nitrogens with one attached hydrogen (secondary N) is 1. The smallest absolute Gasteiger partial charge is 0.258 e. The van der Waals surface area contributed by atoms with Crippen LogP contribution in [0.4, 0.5) is 11.4 Å². The number of ether oxygens (including phenoxy) is 4. The molecule has 0 spiro atoms. The zero-order chi connectivity index (χ0) is 23.7. The zero-order valence-electron chi connectivity index (χ0n) is 18.6. The molecule has 32 heavy (non-hydrogen) atoms. The molecule has 1 unspecified atom stereocenters. The topological polar surface area (TPSA) is 108 Å². The fourth-order valence-corrected chi connectivity index (χ4v) is 3.00. The fraction of sp³-hybridized carbons (Fsp3) is 0.364. The molecule has 9 nitrogen and oxygen atoms in total.